The molecule has 0 aromatic carbocycles. The van der Waals surface area contributed by atoms with Gasteiger partial charge in [0.1, 0.15) is 11.5 Å². The highest BCUT2D eigenvalue weighted by atomic mass is 16.5. The Morgan fingerprint density at radius 1 is 1.29 bits per heavy atom. The molecular formula is C11H14N2O4. The lowest BCUT2D eigenvalue weighted by Crippen LogP contribution is -2.18. The van der Waals surface area contributed by atoms with E-state index < -0.39 is 11.8 Å². The van der Waals surface area contributed by atoms with Gasteiger partial charge in [0.2, 0.25) is 0 Å². The fourth-order valence-electron chi connectivity index (χ4n) is 0.797. The van der Waals surface area contributed by atoms with E-state index in [2.05, 4.69) is 9.72 Å². The highest BCUT2D eigenvalue weighted by Gasteiger charge is 2.19. The number of aromatic nitrogens is 1. The summed E-state index contributed by atoms with van der Waals surface area (Å²) in [5, 5.41) is 0. The first-order valence-corrected chi connectivity index (χ1v) is 4.70. The molecule has 17 heavy (non-hydrogen) atoms. The van der Waals surface area contributed by atoms with Gasteiger partial charge in [0.05, 0.1) is 12.8 Å². The van der Waals surface area contributed by atoms with E-state index in [1.807, 2.05) is 0 Å². The number of ketones is 2. The van der Waals surface area contributed by atoms with E-state index in [4.69, 9.17) is 5.73 Å². The molecule has 6 heteroatoms. The van der Waals surface area contributed by atoms with Gasteiger partial charge in [0.15, 0.2) is 0 Å². The number of ether oxygens (including phenoxy) is 1. The number of Topliss-reactive ketones (excluding diaryl/α,β-unsaturated/α-hetero) is 2. The van der Waals surface area contributed by atoms with Gasteiger partial charge >= 0.3 is 5.97 Å². The van der Waals surface area contributed by atoms with Crippen molar-refractivity contribution >= 4 is 23.2 Å². The van der Waals surface area contributed by atoms with Crippen LogP contribution < -0.4 is 5.73 Å². The Bertz CT molecular complexity index is 425. The van der Waals surface area contributed by atoms with Crippen LogP contribution in [0.2, 0.25) is 0 Å². The minimum absolute atomic E-state index is 0.0747. The highest BCUT2D eigenvalue weighted by Crippen LogP contribution is 2.07. The summed E-state index contributed by atoms with van der Waals surface area (Å²) >= 11 is 0. The minimum Gasteiger partial charge on any atom is -0.463 e. The number of nitrogen functional groups attached to an aromatic ring is 1. The molecule has 0 amide bonds. The van der Waals surface area contributed by atoms with Crippen LogP contribution in [0.3, 0.4) is 0 Å². The first-order chi connectivity index (χ1) is 7.90. The summed E-state index contributed by atoms with van der Waals surface area (Å²) < 4.78 is 4.24. The van der Waals surface area contributed by atoms with Gasteiger partial charge in [-0.25, -0.2) is 4.79 Å². The van der Waals surface area contributed by atoms with Gasteiger partial charge in [-0.15, -0.1) is 0 Å². The predicted molar refractivity (Wildman–Crippen MR) is 61.4 cm³/mol. The zero-order chi connectivity index (χ0) is 13.4. The third-order valence-electron chi connectivity index (χ3n) is 1.42. The zero-order valence-electron chi connectivity index (χ0n) is 9.89. The Morgan fingerprint density at radius 2 is 1.82 bits per heavy atom. The van der Waals surface area contributed by atoms with E-state index in [0.717, 1.165) is 7.11 Å². The van der Waals surface area contributed by atoms with Crippen LogP contribution in [0.15, 0.2) is 18.3 Å². The number of nitrogens with two attached hydrogens (primary N) is 1. The normalized spacial score (nSPS) is 8.65. The monoisotopic (exact) mass is 238 g/mol. The molecule has 0 unspecified atom stereocenters. The van der Waals surface area contributed by atoms with Gasteiger partial charge in [-0.05, 0) is 26.0 Å². The molecular weight excluding hydrogens is 224 g/mol. The molecule has 0 atom stereocenters. The van der Waals surface area contributed by atoms with Gasteiger partial charge in [-0.3, -0.25) is 9.78 Å². The Hall–Kier alpha value is -2.24. The maximum Gasteiger partial charge on any atom is 0.381 e. The Kier molecular flexibility index (Phi) is 6.17. The summed E-state index contributed by atoms with van der Waals surface area (Å²) in [6.07, 6.45) is 1.38. The summed E-state index contributed by atoms with van der Waals surface area (Å²) in [7, 11) is 1.12. The maximum absolute atomic E-state index is 11.2. The quantitative estimate of drug-likeness (QED) is 0.460. The van der Waals surface area contributed by atoms with Gasteiger partial charge < -0.3 is 15.3 Å². The molecule has 1 aromatic heterocycles. The van der Waals surface area contributed by atoms with E-state index in [9.17, 15) is 14.4 Å². The second kappa shape index (κ2) is 7.10. The predicted octanol–water partition coefficient (Wildman–Crippen LogP) is 0.615. The first kappa shape index (κ1) is 14.8. The van der Waals surface area contributed by atoms with Crippen molar-refractivity contribution in [2.75, 3.05) is 12.8 Å². The Labute approximate surface area is 98.8 Å². The molecule has 2 N–H and O–H groups in total. The Balaban J connectivity index is 0.000000557. The molecule has 1 aromatic rings. The lowest BCUT2D eigenvalue weighted by molar-refractivity contribution is -0.135. The first-order valence-electron chi connectivity index (χ1n) is 4.70. The standard InChI is InChI=1S/C8H8N2O3.C3H6O/c1-13-8(12)7(11)6-5(9)3-2-4-10-6;1-3(2)4/h2-4H,9H2,1H3;1-2H3. The molecule has 0 spiro atoms. The van der Waals surface area contributed by atoms with E-state index in [-0.39, 0.29) is 17.2 Å². The molecule has 0 fully saturated rings. The largest absolute Gasteiger partial charge is 0.463 e. The van der Waals surface area contributed by atoms with Crippen LogP contribution >= 0.6 is 0 Å². The van der Waals surface area contributed by atoms with Gasteiger partial charge in [0, 0.05) is 6.20 Å². The van der Waals surface area contributed by atoms with Crippen LogP contribution in [0.5, 0.6) is 0 Å². The van der Waals surface area contributed by atoms with Crippen molar-refractivity contribution in [3.8, 4) is 0 Å². The maximum atomic E-state index is 11.2. The summed E-state index contributed by atoms with van der Waals surface area (Å²) in [6.45, 7) is 3.06. The molecule has 0 aliphatic carbocycles. The average Bonchev–Trinajstić information content (AvgIpc) is 2.27. The summed E-state index contributed by atoms with van der Waals surface area (Å²) in [4.78, 5) is 35.1. The van der Waals surface area contributed by atoms with Crippen molar-refractivity contribution in [1.29, 1.82) is 0 Å². The topological polar surface area (TPSA) is 99.4 Å². The molecule has 0 radical (unpaired) electrons. The minimum atomic E-state index is -0.967. The van der Waals surface area contributed by atoms with Gasteiger partial charge in [-0.1, -0.05) is 0 Å². The number of rotatable bonds is 2. The number of esters is 1. The lowest BCUT2D eigenvalue weighted by Gasteiger charge is -2.00. The highest BCUT2D eigenvalue weighted by molar-refractivity contribution is 6.41. The van der Waals surface area contributed by atoms with Gasteiger partial charge in [-0.2, -0.15) is 0 Å². The fourth-order valence-corrected chi connectivity index (χ4v) is 0.797. The number of anilines is 1. The average molecular weight is 238 g/mol. The molecule has 6 nitrogen and oxygen atoms in total. The van der Waals surface area contributed by atoms with Crippen molar-refractivity contribution in [2.24, 2.45) is 0 Å². The molecule has 0 bridgehead atoms. The number of hydrogen-bond acceptors (Lipinski definition) is 6. The molecule has 1 heterocycles. The SMILES string of the molecule is CC(C)=O.COC(=O)C(=O)c1ncccc1N. The Morgan fingerprint density at radius 3 is 2.24 bits per heavy atom. The van der Waals surface area contributed by atoms with Crippen LogP contribution in [0.4, 0.5) is 5.69 Å². The fraction of sp³-hybridized carbons (Fsp3) is 0.273. The molecule has 0 saturated heterocycles. The van der Waals surface area contributed by atoms with Crippen LogP contribution in [-0.4, -0.2) is 29.6 Å². The van der Waals surface area contributed by atoms with Crippen molar-refractivity contribution in [3.05, 3.63) is 24.0 Å². The number of carbonyl (C=O) groups excluding carboxylic acids is 3. The molecule has 0 aliphatic rings. The molecule has 0 saturated carbocycles. The number of nitrogens with zero attached hydrogens (tertiary/aromatic N) is 1. The zero-order valence-corrected chi connectivity index (χ0v) is 9.89. The van der Waals surface area contributed by atoms with Crippen LogP contribution in [0.1, 0.15) is 24.3 Å². The van der Waals surface area contributed by atoms with Gasteiger partial charge in [0.25, 0.3) is 5.78 Å². The van der Waals surface area contributed by atoms with Crippen LogP contribution in [-0.2, 0) is 14.3 Å². The third-order valence-corrected chi connectivity index (χ3v) is 1.42. The summed E-state index contributed by atoms with van der Waals surface area (Å²) in [6, 6.07) is 3.06. The second-order valence-electron chi connectivity index (χ2n) is 3.17. The number of pyridine rings is 1. The van der Waals surface area contributed by atoms with Crippen molar-refractivity contribution in [2.45, 2.75) is 13.8 Å². The van der Waals surface area contributed by atoms with Crippen molar-refractivity contribution in [3.63, 3.8) is 0 Å². The van der Waals surface area contributed by atoms with E-state index in [0.29, 0.717) is 0 Å². The molecule has 0 aliphatic heterocycles. The smallest absolute Gasteiger partial charge is 0.381 e. The molecule has 1 rings (SSSR count). The number of carbonyl (C=O) groups is 3. The van der Waals surface area contributed by atoms with Crippen molar-refractivity contribution < 1.29 is 19.1 Å². The molecule has 92 valence electrons. The van der Waals surface area contributed by atoms with E-state index >= 15 is 0 Å². The lowest BCUT2D eigenvalue weighted by atomic mass is 10.2. The second-order valence-corrected chi connectivity index (χ2v) is 3.17. The number of hydrogen-bond donors (Lipinski definition) is 1. The van der Waals surface area contributed by atoms with Crippen molar-refractivity contribution in [1.82, 2.24) is 4.98 Å². The van der Waals surface area contributed by atoms with E-state index in [1.165, 1.54) is 26.1 Å². The summed E-state index contributed by atoms with van der Waals surface area (Å²) in [5.74, 6) is -1.63. The number of methoxy groups -OCH3 is 1. The van der Waals surface area contributed by atoms with Crippen LogP contribution in [0.25, 0.3) is 0 Å². The van der Waals surface area contributed by atoms with Crippen LogP contribution in [0, 0.1) is 0 Å². The van der Waals surface area contributed by atoms with E-state index in [1.54, 1.807) is 6.07 Å². The summed E-state index contributed by atoms with van der Waals surface area (Å²) in [5.41, 5.74) is 5.51. The third kappa shape index (κ3) is 5.41.